The highest BCUT2D eigenvalue weighted by atomic mass is 16.5. The van der Waals surface area contributed by atoms with E-state index in [1.165, 1.54) is 56.0 Å². The monoisotopic (exact) mass is 750 g/mol. The van der Waals surface area contributed by atoms with Crippen LogP contribution in [0.15, 0.2) is 29.1 Å². The van der Waals surface area contributed by atoms with Gasteiger partial charge in [-0.1, -0.05) is 78.2 Å². The summed E-state index contributed by atoms with van der Waals surface area (Å²) >= 11 is 0. The minimum atomic E-state index is -0.679. The van der Waals surface area contributed by atoms with E-state index in [0.29, 0.717) is 25.6 Å². The Labute approximate surface area is 322 Å². The average molecular weight is 750 g/mol. The predicted molar refractivity (Wildman–Crippen MR) is 210 cm³/mol. The summed E-state index contributed by atoms with van der Waals surface area (Å²) in [4.78, 5) is 35.5. The van der Waals surface area contributed by atoms with Gasteiger partial charge in [-0.05, 0) is 61.8 Å². The first-order chi connectivity index (χ1) is 26.0. The van der Waals surface area contributed by atoms with Gasteiger partial charge in [0.15, 0.2) is 12.2 Å². The molecular formula is C42H67N7O5. The van der Waals surface area contributed by atoms with Gasteiger partial charge >= 0.3 is 0 Å². The van der Waals surface area contributed by atoms with Crippen molar-refractivity contribution in [2.75, 3.05) is 39.4 Å². The van der Waals surface area contributed by atoms with Gasteiger partial charge in [-0.25, -0.2) is 4.98 Å². The van der Waals surface area contributed by atoms with E-state index in [2.05, 4.69) is 44.1 Å². The molecule has 12 heteroatoms. The Morgan fingerprint density at radius 3 is 2.41 bits per heavy atom. The number of benzene rings is 1. The summed E-state index contributed by atoms with van der Waals surface area (Å²) in [5.41, 5.74) is 3.03. The highest BCUT2D eigenvalue weighted by molar-refractivity contribution is 5.83. The molecule has 300 valence electrons. The third kappa shape index (κ3) is 10.2. The molecule has 3 fully saturated rings. The average Bonchev–Trinajstić information content (AvgIpc) is 3.67. The number of ether oxygens (including phenoxy) is 1. The standard InChI is InChI=1S/C42H67N7O5/c1-30-35-17-20-48(25-31(35)13-14-36(30)53-27-34-24-43-29-54-34)26-33(50)23-44-38(51)37-42(18-11-9-7-5-6-8-10-12-19-42)39(46-28-45-37)47-32-15-21-49(22-16-32)40(52)41(2,3)4/h13-14,24,29,32-33,37,39,45-47,50H,5-12,15-23,25-28H2,1-4H3,(H,44,51)/t33-,37?,39?/m0/s1. The summed E-state index contributed by atoms with van der Waals surface area (Å²) in [7, 11) is 0. The Bertz CT molecular complexity index is 1490. The van der Waals surface area contributed by atoms with Crippen molar-refractivity contribution in [2.45, 2.75) is 149 Å². The number of nitrogens with one attached hydrogen (secondary N) is 4. The molecule has 6 rings (SSSR count). The van der Waals surface area contributed by atoms with Crippen LogP contribution in [0.25, 0.3) is 0 Å². The molecule has 2 aromatic rings. The molecule has 0 radical (unpaired) electrons. The molecule has 12 nitrogen and oxygen atoms in total. The molecule has 2 saturated heterocycles. The fourth-order valence-electron chi connectivity index (χ4n) is 9.38. The molecule has 2 unspecified atom stereocenters. The van der Waals surface area contributed by atoms with Crippen LogP contribution in [-0.2, 0) is 29.2 Å². The van der Waals surface area contributed by atoms with Gasteiger partial charge in [0, 0.05) is 62.8 Å². The van der Waals surface area contributed by atoms with Gasteiger partial charge in [-0.15, -0.1) is 0 Å². The van der Waals surface area contributed by atoms with Crippen LogP contribution in [0.5, 0.6) is 5.75 Å². The van der Waals surface area contributed by atoms with Gasteiger partial charge in [0.25, 0.3) is 0 Å². The second-order valence-corrected chi connectivity index (χ2v) is 17.5. The van der Waals surface area contributed by atoms with E-state index in [9.17, 15) is 14.7 Å². The van der Waals surface area contributed by atoms with Crippen molar-refractivity contribution in [3.05, 3.63) is 47.2 Å². The number of nitrogens with zero attached hydrogens (tertiary/aromatic N) is 3. The molecule has 1 aromatic carbocycles. The number of fused-ring (bicyclic) bond motifs is 1. The van der Waals surface area contributed by atoms with Gasteiger partial charge < -0.3 is 24.5 Å². The molecular weight excluding hydrogens is 683 g/mol. The van der Waals surface area contributed by atoms with Crippen molar-refractivity contribution in [3.8, 4) is 5.75 Å². The zero-order chi connectivity index (χ0) is 38.1. The van der Waals surface area contributed by atoms with Crippen LogP contribution >= 0.6 is 0 Å². The van der Waals surface area contributed by atoms with E-state index in [-0.39, 0.29) is 47.4 Å². The molecule has 4 heterocycles. The van der Waals surface area contributed by atoms with Crippen molar-refractivity contribution in [3.63, 3.8) is 0 Å². The number of piperidine rings is 1. The quantitative estimate of drug-likeness (QED) is 0.231. The maximum Gasteiger partial charge on any atom is 0.237 e. The Morgan fingerprint density at radius 1 is 1.04 bits per heavy atom. The van der Waals surface area contributed by atoms with Crippen molar-refractivity contribution in [1.29, 1.82) is 0 Å². The Hall–Kier alpha value is -3.03. The lowest BCUT2D eigenvalue weighted by Gasteiger charge is -2.52. The number of β-amino-alcohol motifs (C(OH)–C–C–N with tert-alkyl or cyclic N) is 1. The van der Waals surface area contributed by atoms with Crippen molar-refractivity contribution in [1.82, 2.24) is 36.1 Å². The predicted octanol–water partition coefficient (Wildman–Crippen LogP) is 4.77. The van der Waals surface area contributed by atoms with Gasteiger partial charge in [-0.2, -0.15) is 0 Å². The van der Waals surface area contributed by atoms with Crippen LogP contribution in [0.4, 0.5) is 0 Å². The van der Waals surface area contributed by atoms with Gasteiger partial charge in [0.1, 0.15) is 12.4 Å². The number of aliphatic hydroxyl groups is 1. The lowest BCUT2D eigenvalue weighted by Crippen LogP contribution is -2.73. The van der Waals surface area contributed by atoms with Crippen LogP contribution in [-0.4, -0.2) is 95.5 Å². The first-order valence-electron chi connectivity index (χ1n) is 20.9. The minimum absolute atomic E-state index is 0.0136. The van der Waals surface area contributed by atoms with Crippen molar-refractivity contribution >= 4 is 11.8 Å². The molecule has 2 amide bonds. The number of rotatable bonds is 10. The first-order valence-corrected chi connectivity index (χ1v) is 20.9. The molecule has 5 N–H and O–H groups in total. The molecule has 3 atom stereocenters. The maximum atomic E-state index is 14.3. The van der Waals surface area contributed by atoms with E-state index >= 15 is 0 Å². The highest BCUT2D eigenvalue weighted by Crippen LogP contribution is 2.41. The molecule has 0 bridgehead atoms. The van der Waals surface area contributed by atoms with Gasteiger partial charge in [0.05, 0.1) is 24.5 Å². The molecule has 1 aromatic heterocycles. The summed E-state index contributed by atoms with van der Waals surface area (Å²) in [5, 5.41) is 25.8. The summed E-state index contributed by atoms with van der Waals surface area (Å²) in [6.45, 7) is 12.8. The smallest absolute Gasteiger partial charge is 0.237 e. The van der Waals surface area contributed by atoms with Crippen LogP contribution in [0.2, 0.25) is 0 Å². The van der Waals surface area contributed by atoms with Crippen LogP contribution in [0.3, 0.4) is 0 Å². The summed E-state index contributed by atoms with van der Waals surface area (Å²) < 4.78 is 11.3. The number of aromatic nitrogens is 1. The Balaban J connectivity index is 1.06. The Kier molecular flexibility index (Phi) is 14.1. The largest absolute Gasteiger partial charge is 0.485 e. The number of hydrogen-bond acceptors (Lipinski definition) is 10. The van der Waals surface area contributed by atoms with E-state index in [1.807, 2.05) is 31.7 Å². The number of carbonyl (C=O) groups excluding carboxylic acids is 2. The van der Waals surface area contributed by atoms with E-state index in [0.717, 1.165) is 82.4 Å². The second-order valence-electron chi connectivity index (χ2n) is 17.5. The van der Waals surface area contributed by atoms with E-state index in [4.69, 9.17) is 9.15 Å². The number of carbonyl (C=O) groups is 2. The molecule has 1 spiro atoms. The zero-order valence-electron chi connectivity index (χ0n) is 33.4. The fraction of sp³-hybridized carbons (Fsp3) is 0.738. The lowest BCUT2D eigenvalue weighted by atomic mass is 9.68. The Morgan fingerprint density at radius 2 is 1.74 bits per heavy atom. The number of likely N-dealkylation sites (tertiary alicyclic amines) is 1. The first kappa shape index (κ1) is 40.6. The second kappa shape index (κ2) is 18.7. The SMILES string of the molecule is Cc1c(OCc2cnco2)ccc2c1CCN(C[C@@H](O)CNC(=O)C1NCNC(NC3CCN(C(=O)C(C)(C)C)CC3)C13CCCCCCCCCC3)C2. The summed E-state index contributed by atoms with van der Waals surface area (Å²) in [5.74, 6) is 1.75. The fourth-order valence-corrected chi connectivity index (χ4v) is 9.38. The number of amides is 2. The van der Waals surface area contributed by atoms with Crippen LogP contribution in [0.1, 0.15) is 120 Å². The molecule has 1 aliphatic carbocycles. The molecule has 1 saturated carbocycles. The van der Waals surface area contributed by atoms with Crippen molar-refractivity contribution < 1.29 is 23.8 Å². The van der Waals surface area contributed by atoms with Gasteiger partial charge in [-0.3, -0.25) is 30.4 Å². The number of aliphatic hydroxyl groups excluding tert-OH is 1. The lowest BCUT2D eigenvalue weighted by molar-refractivity contribution is -0.141. The van der Waals surface area contributed by atoms with Crippen LogP contribution in [0, 0.1) is 17.8 Å². The van der Waals surface area contributed by atoms with E-state index < -0.39 is 6.10 Å². The summed E-state index contributed by atoms with van der Waals surface area (Å²) in [6, 6.07) is 4.06. The van der Waals surface area contributed by atoms with E-state index in [1.54, 1.807) is 6.20 Å². The topological polar surface area (TPSA) is 144 Å². The summed E-state index contributed by atoms with van der Waals surface area (Å²) in [6.07, 6.45) is 16.6. The highest BCUT2D eigenvalue weighted by Gasteiger charge is 2.50. The normalized spacial score (nSPS) is 24.0. The third-order valence-corrected chi connectivity index (χ3v) is 12.4. The molecule has 4 aliphatic rings. The zero-order valence-corrected chi connectivity index (χ0v) is 33.4. The number of hydrogen-bond donors (Lipinski definition) is 5. The maximum absolute atomic E-state index is 14.3. The molecule has 3 aliphatic heterocycles. The number of oxazole rings is 1. The third-order valence-electron chi connectivity index (χ3n) is 12.4. The minimum Gasteiger partial charge on any atom is -0.485 e. The van der Waals surface area contributed by atoms with Crippen molar-refractivity contribution in [2.24, 2.45) is 10.8 Å². The van der Waals surface area contributed by atoms with Gasteiger partial charge in [0.2, 0.25) is 11.8 Å². The molecule has 54 heavy (non-hydrogen) atoms. The van der Waals surface area contributed by atoms with Crippen LogP contribution < -0.4 is 26.0 Å².